The smallest absolute Gasteiger partial charge is 0.0664 e. The van der Waals surface area contributed by atoms with Crippen LogP contribution in [0.15, 0.2) is 24.4 Å². The lowest BCUT2D eigenvalue weighted by Gasteiger charge is -2.28. The lowest BCUT2D eigenvalue weighted by molar-refractivity contribution is 0.0731. The maximum Gasteiger partial charge on any atom is 0.0664 e. The molecular weight excluding hydrogens is 224 g/mol. The van der Waals surface area contributed by atoms with E-state index in [9.17, 15) is 5.11 Å². The molecule has 0 spiro atoms. The first-order chi connectivity index (χ1) is 8.74. The van der Waals surface area contributed by atoms with Crippen LogP contribution in [0.2, 0.25) is 0 Å². The summed E-state index contributed by atoms with van der Waals surface area (Å²) in [5.41, 5.74) is 6.73. The van der Waals surface area contributed by atoms with E-state index in [1.807, 2.05) is 18.2 Å². The van der Waals surface area contributed by atoms with Crippen molar-refractivity contribution in [2.24, 2.45) is 11.7 Å². The van der Waals surface area contributed by atoms with Crippen LogP contribution in [0.4, 0.5) is 0 Å². The highest BCUT2D eigenvalue weighted by Crippen LogP contribution is 2.27. The van der Waals surface area contributed by atoms with E-state index in [1.165, 1.54) is 6.42 Å². The van der Waals surface area contributed by atoms with E-state index in [-0.39, 0.29) is 12.0 Å². The van der Waals surface area contributed by atoms with Gasteiger partial charge in [-0.3, -0.25) is 4.98 Å². The monoisotopic (exact) mass is 250 g/mol. The Morgan fingerprint density at radius 2 is 2.11 bits per heavy atom. The fourth-order valence-electron chi connectivity index (χ4n) is 2.44. The van der Waals surface area contributed by atoms with Gasteiger partial charge in [-0.15, -0.1) is 0 Å². The third-order valence-electron chi connectivity index (χ3n) is 3.67. The second-order valence-electron chi connectivity index (χ2n) is 4.90. The number of hydrogen-bond donors (Lipinski definition) is 2. The quantitative estimate of drug-likeness (QED) is 0.745. The minimum absolute atomic E-state index is 0.0481. The fraction of sp³-hybridized carbons (Fsp3) is 0.667. The zero-order chi connectivity index (χ0) is 13.4. The van der Waals surface area contributed by atoms with Crippen molar-refractivity contribution in [3.8, 4) is 0 Å². The van der Waals surface area contributed by atoms with Crippen molar-refractivity contribution in [2.75, 3.05) is 6.54 Å². The number of aliphatic hydroxyl groups excluding tert-OH is 1. The van der Waals surface area contributed by atoms with Crippen molar-refractivity contribution in [2.45, 2.75) is 51.6 Å². The third kappa shape index (κ3) is 4.07. The van der Waals surface area contributed by atoms with E-state index in [0.717, 1.165) is 25.0 Å². The summed E-state index contributed by atoms with van der Waals surface area (Å²) in [7, 11) is 0. The molecule has 18 heavy (non-hydrogen) atoms. The number of unbranched alkanes of at least 4 members (excludes halogenated alkanes) is 1. The van der Waals surface area contributed by atoms with Crippen molar-refractivity contribution < 1.29 is 5.11 Å². The normalized spacial score (nSPS) is 16.2. The Labute approximate surface area is 110 Å². The summed E-state index contributed by atoms with van der Waals surface area (Å²) in [6, 6.07) is 5.79. The van der Waals surface area contributed by atoms with Gasteiger partial charge in [0.1, 0.15) is 0 Å². The van der Waals surface area contributed by atoms with Crippen molar-refractivity contribution in [1.82, 2.24) is 4.98 Å². The van der Waals surface area contributed by atoms with Gasteiger partial charge in [0.2, 0.25) is 0 Å². The van der Waals surface area contributed by atoms with Crippen LogP contribution in [0.1, 0.15) is 51.1 Å². The highest BCUT2D eigenvalue weighted by molar-refractivity contribution is 5.12. The molecule has 3 unspecified atom stereocenters. The molecule has 3 heteroatoms. The van der Waals surface area contributed by atoms with Crippen molar-refractivity contribution in [3.05, 3.63) is 30.1 Å². The molecule has 3 nitrogen and oxygen atoms in total. The van der Waals surface area contributed by atoms with Crippen LogP contribution in [0, 0.1) is 5.92 Å². The van der Waals surface area contributed by atoms with Gasteiger partial charge in [-0.1, -0.05) is 39.2 Å². The van der Waals surface area contributed by atoms with Crippen LogP contribution in [-0.4, -0.2) is 22.7 Å². The number of rotatable bonds is 8. The van der Waals surface area contributed by atoms with Gasteiger partial charge in [-0.2, -0.15) is 0 Å². The maximum atomic E-state index is 10.5. The van der Waals surface area contributed by atoms with Gasteiger partial charge in [0, 0.05) is 24.4 Å². The molecule has 0 bridgehead atoms. The van der Waals surface area contributed by atoms with Gasteiger partial charge in [-0.05, 0) is 24.5 Å². The topological polar surface area (TPSA) is 59.1 Å². The summed E-state index contributed by atoms with van der Waals surface area (Å²) >= 11 is 0. The van der Waals surface area contributed by atoms with Crippen LogP contribution < -0.4 is 5.73 Å². The Morgan fingerprint density at radius 3 is 2.61 bits per heavy atom. The summed E-state index contributed by atoms with van der Waals surface area (Å²) in [6.07, 6.45) is 5.76. The first-order valence-corrected chi connectivity index (χ1v) is 7.03. The van der Waals surface area contributed by atoms with Gasteiger partial charge < -0.3 is 10.8 Å². The van der Waals surface area contributed by atoms with E-state index < -0.39 is 0 Å². The number of pyridine rings is 1. The molecule has 0 saturated heterocycles. The van der Waals surface area contributed by atoms with Gasteiger partial charge in [-0.25, -0.2) is 0 Å². The summed E-state index contributed by atoms with van der Waals surface area (Å²) in [4.78, 5) is 4.33. The molecule has 0 amide bonds. The Bertz CT molecular complexity index is 316. The zero-order valence-electron chi connectivity index (χ0n) is 11.5. The van der Waals surface area contributed by atoms with Gasteiger partial charge in [0.25, 0.3) is 0 Å². The average Bonchev–Trinajstić information content (AvgIpc) is 2.42. The van der Waals surface area contributed by atoms with Crippen LogP contribution in [-0.2, 0) is 0 Å². The Balaban J connectivity index is 2.74. The third-order valence-corrected chi connectivity index (χ3v) is 3.67. The van der Waals surface area contributed by atoms with Crippen molar-refractivity contribution in [1.29, 1.82) is 0 Å². The lowest BCUT2D eigenvalue weighted by Crippen LogP contribution is -2.32. The molecule has 0 aliphatic rings. The predicted octanol–water partition coefficient (Wildman–Crippen LogP) is 2.70. The number of aromatic nitrogens is 1. The van der Waals surface area contributed by atoms with E-state index in [0.29, 0.717) is 12.5 Å². The molecule has 0 radical (unpaired) electrons. The Kier molecular flexibility index (Phi) is 6.91. The summed E-state index contributed by atoms with van der Waals surface area (Å²) < 4.78 is 0. The largest absolute Gasteiger partial charge is 0.392 e. The SMILES string of the molecule is CCCCC(CC)C(O)C(CN)c1ccccn1. The molecule has 1 heterocycles. The van der Waals surface area contributed by atoms with Crippen LogP contribution in [0.3, 0.4) is 0 Å². The molecule has 0 fully saturated rings. The van der Waals surface area contributed by atoms with E-state index in [4.69, 9.17) is 5.73 Å². The van der Waals surface area contributed by atoms with Crippen LogP contribution >= 0.6 is 0 Å². The Morgan fingerprint density at radius 1 is 1.33 bits per heavy atom. The van der Waals surface area contributed by atoms with E-state index >= 15 is 0 Å². The molecule has 0 aliphatic heterocycles. The highest BCUT2D eigenvalue weighted by Gasteiger charge is 2.27. The van der Waals surface area contributed by atoms with Gasteiger partial charge >= 0.3 is 0 Å². The standard InChI is InChI=1S/C15H26N2O/c1-3-5-8-12(4-2)15(18)13(11-16)14-9-6-7-10-17-14/h6-7,9-10,12-13,15,18H,3-5,8,11,16H2,1-2H3. The molecule has 102 valence electrons. The Hall–Kier alpha value is -0.930. The summed E-state index contributed by atoms with van der Waals surface area (Å²) in [5.74, 6) is 0.272. The van der Waals surface area contributed by atoms with E-state index in [2.05, 4.69) is 18.8 Å². The maximum absolute atomic E-state index is 10.5. The molecule has 3 N–H and O–H groups in total. The molecule has 0 saturated carbocycles. The minimum Gasteiger partial charge on any atom is -0.392 e. The van der Waals surface area contributed by atoms with Gasteiger partial charge in [0.15, 0.2) is 0 Å². The highest BCUT2D eigenvalue weighted by atomic mass is 16.3. The molecule has 1 aromatic heterocycles. The van der Waals surface area contributed by atoms with Crippen molar-refractivity contribution in [3.63, 3.8) is 0 Å². The number of hydrogen-bond acceptors (Lipinski definition) is 3. The molecule has 1 aromatic rings. The molecular formula is C15H26N2O. The van der Waals surface area contributed by atoms with Crippen LogP contribution in [0.5, 0.6) is 0 Å². The first kappa shape index (κ1) is 15.1. The lowest BCUT2D eigenvalue weighted by atomic mass is 9.84. The first-order valence-electron chi connectivity index (χ1n) is 7.03. The van der Waals surface area contributed by atoms with Crippen molar-refractivity contribution >= 4 is 0 Å². The summed E-state index contributed by atoms with van der Waals surface area (Å²) in [5, 5.41) is 10.5. The van der Waals surface area contributed by atoms with E-state index in [1.54, 1.807) is 6.20 Å². The molecule has 0 aromatic carbocycles. The fourth-order valence-corrected chi connectivity index (χ4v) is 2.44. The second kappa shape index (κ2) is 8.22. The van der Waals surface area contributed by atoms with Crippen LogP contribution in [0.25, 0.3) is 0 Å². The summed E-state index contributed by atoms with van der Waals surface area (Å²) in [6.45, 7) is 4.76. The number of nitrogens with two attached hydrogens (primary N) is 1. The number of nitrogens with zero attached hydrogens (tertiary/aromatic N) is 1. The molecule has 3 atom stereocenters. The molecule has 0 aliphatic carbocycles. The minimum atomic E-state index is -0.388. The van der Waals surface area contributed by atoms with Gasteiger partial charge in [0.05, 0.1) is 6.10 Å². The molecule has 1 rings (SSSR count). The number of aliphatic hydroxyl groups is 1. The second-order valence-corrected chi connectivity index (χ2v) is 4.90. The predicted molar refractivity (Wildman–Crippen MR) is 75.3 cm³/mol. The average molecular weight is 250 g/mol. The zero-order valence-corrected chi connectivity index (χ0v) is 11.5.